The number of thiazole rings is 1. The Bertz CT molecular complexity index is 1510. The average Bonchev–Trinajstić information content (AvgIpc) is 3.39. The summed E-state index contributed by atoms with van der Waals surface area (Å²) in [5.41, 5.74) is 2.61. The van der Waals surface area contributed by atoms with Gasteiger partial charge in [0.2, 0.25) is 0 Å². The predicted octanol–water partition coefficient (Wildman–Crippen LogP) is 4.61. The molecule has 1 aliphatic heterocycles. The Kier molecular flexibility index (Phi) is 7.85. The zero-order chi connectivity index (χ0) is 26.7. The lowest BCUT2D eigenvalue weighted by molar-refractivity contribution is 0.0948. The van der Waals surface area contributed by atoms with E-state index in [9.17, 15) is 13.2 Å². The fourth-order valence-electron chi connectivity index (χ4n) is 4.39. The number of nitrogens with one attached hydrogen (secondary N) is 2. The average molecular weight is 570 g/mol. The molecule has 0 unspecified atom stereocenters. The lowest BCUT2D eigenvalue weighted by Gasteiger charge is -2.34. The second-order valence-corrected chi connectivity index (χ2v) is 12.2. The molecular formula is C27H28ClN5O3S2. The first-order valence-corrected chi connectivity index (χ1v) is 15.0. The molecule has 8 nitrogen and oxygen atoms in total. The first-order valence-electron chi connectivity index (χ1n) is 12.3. The highest BCUT2D eigenvalue weighted by atomic mass is 35.5. The molecule has 2 N–H and O–H groups in total. The lowest BCUT2D eigenvalue weighted by Crippen LogP contribution is -2.48. The number of aryl methyl sites for hydroxylation is 1. The number of amides is 1. The molecule has 1 aromatic heterocycles. The highest BCUT2D eigenvalue weighted by Crippen LogP contribution is 2.35. The van der Waals surface area contributed by atoms with Gasteiger partial charge in [0.1, 0.15) is 0 Å². The summed E-state index contributed by atoms with van der Waals surface area (Å²) < 4.78 is 29.1. The van der Waals surface area contributed by atoms with E-state index in [4.69, 9.17) is 16.6 Å². The van der Waals surface area contributed by atoms with Crippen molar-refractivity contribution in [1.29, 1.82) is 0 Å². The van der Waals surface area contributed by atoms with E-state index >= 15 is 0 Å². The number of para-hydroxylation sites is 1. The standard InChI is InChI=1S/C27H28ClN5O3S2/c1-19-11-12-22(28)25-24(19)30-27(37-25)33-17-15-32(16-18-33)14-13-29-26(34)21-9-5-6-10-23(21)31-38(35,36)20-7-3-2-4-8-20/h2-12,31H,13-18H2,1H3,(H,29,34). The van der Waals surface area contributed by atoms with Gasteiger partial charge in [-0.05, 0) is 42.8 Å². The molecule has 0 radical (unpaired) electrons. The quantitative estimate of drug-likeness (QED) is 0.322. The largest absolute Gasteiger partial charge is 0.351 e. The number of nitrogens with zero attached hydrogens (tertiary/aromatic N) is 3. The molecule has 1 aliphatic rings. The molecule has 0 spiro atoms. The fourth-order valence-corrected chi connectivity index (χ4v) is 6.85. The van der Waals surface area contributed by atoms with Gasteiger partial charge in [0, 0.05) is 39.3 Å². The molecule has 11 heteroatoms. The summed E-state index contributed by atoms with van der Waals surface area (Å²) in [6.45, 7) is 6.59. The Hall–Kier alpha value is -3.18. The Morgan fingerprint density at radius 3 is 2.45 bits per heavy atom. The second kappa shape index (κ2) is 11.3. The van der Waals surface area contributed by atoms with Crippen LogP contribution in [0, 0.1) is 6.92 Å². The van der Waals surface area contributed by atoms with Crippen LogP contribution in [0.1, 0.15) is 15.9 Å². The maximum absolute atomic E-state index is 12.9. The van der Waals surface area contributed by atoms with Crippen molar-refractivity contribution >= 4 is 59.9 Å². The van der Waals surface area contributed by atoms with Crippen LogP contribution in [0.4, 0.5) is 10.8 Å². The molecule has 0 atom stereocenters. The summed E-state index contributed by atoms with van der Waals surface area (Å²) in [6.07, 6.45) is 0. The number of aromatic nitrogens is 1. The molecule has 1 fully saturated rings. The summed E-state index contributed by atoms with van der Waals surface area (Å²) >= 11 is 8.00. The van der Waals surface area contributed by atoms with Crippen LogP contribution in [-0.4, -0.2) is 63.5 Å². The van der Waals surface area contributed by atoms with Gasteiger partial charge in [-0.1, -0.05) is 59.3 Å². The third kappa shape index (κ3) is 5.78. The van der Waals surface area contributed by atoms with Crippen LogP contribution in [0.3, 0.4) is 0 Å². The van der Waals surface area contributed by atoms with Crippen molar-refractivity contribution < 1.29 is 13.2 Å². The minimum absolute atomic E-state index is 0.137. The molecular weight excluding hydrogens is 542 g/mol. The van der Waals surface area contributed by atoms with Gasteiger partial charge in [0.05, 0.1) is 31.4 Å². The number of sulfonamides is 1. The summed E-state index contributed by atoms with van der Waals surface area (Å²) in [7, 11) is -3.80. The van der Waals surface area contributed by atoms with Crippen molar-refractivity contribution in [2.75, 3.05) is 48.9 Å². The third-order valence-electron chi connectivity index (χ3n) is 6.51. The fraction of sp³-hybridized carbons (Fsp3) is 0.259. The number of carbonyl (C=O) groups is 1. The van der Waals surface area contributed by atoms with E-state index in [1.165, 1.54) is 12.1 Å². The van der Waals surface area contributed by atoms with Crippen LogP contribution in [0.25, 0.3) is 10.2 Å². The Labute approximate surface area is 231 Å². The highest BCUT2D eigenvalue weighted by Gasteiger charge is 2.22. The molecule has 0 saturated carbocycles. The van der Waals surface area contributed by atoms with Crippen LogP contribution >= 0.6 is 22.9 Å². The number of carbonyl (C=O) groups excluding carboxylic acids is 1. The molecule has 0 bridgehead atoms. The number of halogens is 1. The summed E-state index contributed by atoms with van der Waals surface area (Å²) in [4.78, 5) is 22.5. The minimum Gasteiger partial charge on any atom is -0.351 e. The summed E-state index contributed by atoms with van der Waals surface area (Å²) in [6, 6.07) is 18.6. The highest BCUT2D eigenvalue weighted by molar-refractivity contribution is 7.92. The molecule has 0 aliphatic carbocycles. The number of rotatable bonds is 8. The van der Waals surface area contributed by atoms with E-state index in [0.29, 0.717) is 13.1 Å². The Morgan fingerprint density at radius 2 is 1.71 bits per heavy atom. The zero-order valence-electron chi connectivity index (χ0n) is 20.9. The van der Waals surface area contributed by atoms with Crippen molar-refractivity contribution in [3.63, 3.8) is 0 Å². The molecule has 5 rings (SSSR count). The van der Waals surface area contributed by atoms with E-state index in [1.807, 2.05) is 19.1 Å². The van der Waals surface area contributed by atoms with Crippen molar-refractivity contribution in [1.82, 2.24) is 15.2 Å². The van der Waals surface area contributed by atoms with Crippen LogP contribution in [-0.2, 0) is 10.0 Å². The number of fused-ring (bicyclic) bond motifs is 1. The van der Waals surface area contributed by atoms with Gasteiger partial charge in [-0.2, -0.15) is 0 Å². The summed E-state index contributed by atoms with van der Waals surface area (Å²) in [5, 5.41) is 4.65. The summed E-state index contributed by atoms with van der Waals surface area (Å²) in [5.74, 6) is -0.322. The Balaban J connectivity index is 1.14. The van der Waals surface area contributed by atoms with E-state index in [0.717, 1.165) is 52.1 Å². The van der Waals surface area contributed by atoms with Gasteiger partial charge in [0.25, 0.3) is 15.9 Å². The maximum Gasteiger partial charge on any atom is 0.261 e. The number of hydrogen-bond acceptors (Lipinski definition) is 7. The minimum atomic E-state index is -3.80. The van der Waals surface area contributed by atoms with Crippen LogP contribution < -0.4 is 14.9 Å². The van der Waals surface area contributed by atoms with E-state index in [1.54, 1.807) is 53.8 Å². The molecule has 4 aromatic rings. The molecule has 1 amide bonds. The SMILES string of the molecule is Cc1ccc(Cl)c2sc(N3CCN(CCNC(=O)c4ccccc4NS(=O)(=O)c4ccccc4)CC3)nc12. The van der Waals surface area contributed by atoms with Crippen LogP contribution in [0.2, 0.25) is 5.02 Å². The van der Waals surface area contributed by atoms with Gasteiger partial charge in [-0.25, -0.2) is 13.4 Å². The monoisotopic (exact) mass is 569 g/mol. The van der Waals surface area contributed by atoms with Crippen molar-refractivity contribution in [2.45, 2.75) is 11.8 Å². The van der Waals surface area contributed by atoms with Gasteiger partial charge < -0.3 is 10.2 Å². The number of hydrogen-bond donors (Lipinski definition) is 2. The third-order valence-corrected chi connectivity index (χ3v) is 9.47. The second-order valence-electron chi connectivity index (χ2n) is 9.09. The predicted molar refractivity (Wildman–Crippen MR) is 154 cm³/mol. The molecule has 2 heterocycles. The normalized spacial score (nSPS) is 14.5. The van der Waals surface area contributed by atoms with Gasteiger partial charge >= 0.3 is 0 Å². The molecule has 3 aromatic carbocycles. The van der Waals surface area contributed by atoms with Gasteiger partial charge in [-0.3, -0.25) is 14.4 Å². The zero-order valence-corrected chi connectivity index (χ0v) is 23.2. The van der Waals surface area contributed by atoms with Crippen molar-refractivity contribution in [3.05, 3.63) is 82.9 Å². The first kappa shape index (κ1) is 26.4. The number of anilines is 2. The van der Waals surface area contributed by atoms with Gasteiger partial charge in [0.15, 0.2) is 5.13 Å². The first-order chi connectivity index (χ1) is 18.3. The Morgan fingerprint density at radius 1 is 1.00 bits per heavy atom. The van der Waals surface area contributed by atoms with E-state index < -0.39 is 10.0 Å². The maximum atomic E-state index is 12.9. The van der Waals surface area contributed by atoms with E-state index in [-0.39, 0.29) is 22.1 Å². The van der Waals surface area contributed by atoms with E-state index in [2.05, 4.69) is 19.8 Å². The number of benzene rings is 3. The topological polar surface area (TPSA) is 94.6 Å². The lowest BCUT2D eigenvalue weighted by atomic mass is 10.1. The molecule has 198 valence electrons. The van der Waals surface area contributed by atoms with Crippen LogP contribution in [0.5, 0.6) is 0 Å². The van der Waals surface area contributed by atoms with Crippen molar-refractivity contribution in [3.8, 4) is 0 Å². The molecule has 38 heavy (non-hydrogen) atoms. The number of piperazine rings is 1. The van der Waals surface area contributed by atoms with Crippen LogP contribution in [0.15, 0.2) is 71.6 Å². The smallest absolute Gasteiger partial charge is 0.261 e. The van der Waals surface area contributed by atoms with Gasteiger partial charge in [-0.15, -0.1) is 0 Å². The molecule has 1 saturated heterocycles. The van der Waals surface area contributed by atoms with Crippen molar-refractivity contribution in [2.24, 2.45) is 0 Å².